The Kier molecular flexibility index (Phi) is 2.39. The number of hydrogen-bond donors (Lipinski definition) is 0. The number of Topliss-reactive ketones (excluding diaryl/α,β-unsaturated/α-hetero) is 1. The molecule has 2 aromatic heterocycles. The smallest absolute Gasteiger partial charge is 0.195 e. The Bertz CT molecular complexity index is 461. The molecule has 0 spiro atoms. The van der Waals surface area contributed by atoms with Crippen molar-refractivity contribution in [2.45, 2.75) is 6.92 Å². The first-order valence-corrected chi connectivity index (χ1v) is 5.18. The van der Waals surface area contributed by atoms with E-state index in [1.165, 1.54) is 18.3 Å². The highest BCUT2D eigenvalue weighted by Gasteiger charge is 2.13. The predicted octanol–water partition coefficient (Wildman–Crippen LogP) is 2.79. The van der Waals surface area contributed by atoms with Crippen LogP contribution < -0.4 is 0 Å². The molecule has 2 heterocycles. The second-order valence-electron chi connectivity index (χ2n) is 2.76. The van der Waals surface area contributed by atoms with Crippen LogP contribution in [-0.2, 0) is 0 Å². The van der Waals surface area contributed by atoms with E-state index < -0.39 is 0 Å². The van der Waals surface area contributed by atoms with Crippen molar-refractivity contribution in [3.8, 4) is 5.13 Å². The van der Waals surface area contributed by atoms with E-state index in [-0.39, 0.29) is 10.9 Å². The number of halogens is 1. The van der Waals surface area contributed by atoms with Gasteiger partial charge in [-0.25, -0.2) is 4.98 Å². The van der Waals surface area contributed by atoms with Crippen LogP contribution in [0.4, 0.5) is 0 Å². The Labute approximate surface area is 90.0 Å². The molecule has 0 atom stereocenters. The van der Waals surface area contributed by atoms with Crippen LogP contribution in [0.3, 0.4) is 0 Å². The van der Waals surface area contributed by atoms with Gasteiger partial charge < -0.3 is 4.57 Å². The third-order valence-corrected chi connectivity index (χ3v) is 3.27. The molecule has 0 aliphatic heterocycles. The molecule has 0 radical (unpaired) electrons. The molecular weight excluding hydrogens is 220 g/mol. The summed E-state index contributed by atoms with van der Waals surface area (Å²) in [5, 5.41) is 0.997. The maximum atomic E-state index is 11.1. The van der Waals surface area contributed by atoms with Crippen molar-refractivity contribution in [1.82, 2.24) is 9.55 Å². The molecule has 0 fully saturated rings. The first-order valence-electron chi connectivity index (χ1n) is 3.99. The normalized spacial score (nSPS) is 10.4. The molecule has 14 heavy (non-hydrogen) atoms. The number of thiazole rings is 1. The molecule has 2 aromatic rings. The Hall–Kier alpha value is -1.13. The van der Waals surface area contributed by atoms with Crippen LogP contribution in [0.1, 0.15) is 16.6 Å². The first kappa shape index (κ1) is 9.43. The molecule has 0 aliphatic carbocycles. The van der Waals surface area contributed by atoms with Gasteiger partial charge >= 0.3 is 0 Å². The van der Waals surface area contributed by atoms with Gasteiger partial charge in [0, 0.05) is 19.3 Å². The van der Waals surface area contributed by atoms with E-state index in [0.29, 0.717) is 10.0 Å². The van der Waals surface area contributed by atoms with Crippen LogP contribution in [0.15, 0.2) is 24.5 Å². The van der Waals surface area contributed by atoms with Gasteiger partial charge in [-0.3, -0.25) is 4.79 Å². The highest BCUT2D eigenvalue weighted by molar-refractivity contribution is 7.16. The monoisotopic (exact) mass is 226 g/mol. The van der Waals surface area contributed by atoms with Gasteiger partial charge in [0.2, 0.25) is 0 Å². The molecular formula is C9H7ClN2OS. The van der Waals surface area contributed by atoms with E-state index in [1.807, 2.05) is 29.1 Å². The minimum Gasteiger partial charge on any atom is -0.300 e. The van der Waals surface area contributed by atoms with Crippen LogP contribution in [-0.4, -0.2) is 15.3 Å². The SMILES string of the molecule is CC(=O)c1sc(-n2cccc2)nc1Cl. The van der Waals surface area contributed by atoms with Crippen LogP contribution >= 0.6 is 22.9 Å². The second-order valence-corrected chi connectivity index (χ2v) is 4.10. The summed E-state index contributed by atoms with van der Waals surface area (Å²) < 4.78 is 1.82. The van der Waals surface area contributed by atoms with E-state index in [4.69, 9.17) is 11.6 Å². The lowest BCUT2D eigenvalue weighted by Gasteiger charge is -1.92. The fourth-order valence-corrected chi connectivity index (χ4v) is 2.28. The lowest BCUT2D eigenvalue weighted by molar-refractivity contribution is 0.102. The zero-order valence-electron chi connectivity index (χ0n) is 7.40. The molecule has 0 unspecified atom stereocenters. The van der Waals surface area contributed by atoms with Gasteiger partial charge in [-0.2, -0.15) is 0 Å². The number of hydrogen-bond acceptors (Lipinski definition) is 3. The predicted molar refractivity (Wildman–Crippen MR) is 56.5 cm³/mol. The fraction of sp³-hybridized carbons (Fsp3) is 0.111. The maximum Gasteiger partial charge on any atom is 0.195 e. The second kappa shape index (κ2) is 3.55. The van der Waals surface area contributed by atoms with E-state index >= 15 is 0 Å². The summed E-state index contributed by atoms with van der Waals surface area (Å²) in [5.41, 5.74) is 0. The van der Waals surface area contributed by atoms with Crippen molar-refractivity contribution in [3.63, 3.8) is 0 Å². The standard InChI is InChI=1S/C9H7ClN2OS/c1-6(13)7-8(10)11-9(14-7)12-4-2-3-5-12/h2-5H,1H3. The van der Waals surface area contributed by atoms with Gasteiger partial charge in [-0.05, 0) is 12.1 Å². The number of carbonyl (C=O) groups is 1. The van der Waals surface area contributed by atoms with Gasteiger partial charge in [0.25, 0.3) is 0 Å². The van der Waals surface area contributed by atoms with Crippen molar-refractivity contribution in [1.29, 1.82) is 0 Å². The molecule has 5 heteroatoms. The minimum absolute atomic E-state index is 0.0501. The summed E-state index contributed by atoms with van der Waals surface area (Å²) >= 11 is 7.12. The average Bonchev–Trinajstić information content (AvgIpc) is 2.70. The van der Waals surface area contributed by atoms with Gasteiger partial charge in [0.1, 0.15) is 4.88 Å². The van der Waals surface area contributed by atoms with Gasteiger partial charge in [-0.15, -0.1) is 0 Å². The molecule has 0 aromatic carbocycles. The molecule has 2 rings (SSSR count). The minimum atomic E-state index is -0.0501. The highest BCUT2D eigenvalue weighted by Crippen LogP contribution is 2.26. The van der Waals surface area contributed by atoms with Gasteiger partial charge in [-0.1, -0.05) is 22.9 Å². The van der Waals surface area contributed by atoms with Crippen LogP contribution in [0.2, 0.25) is 5.15 Å². The zero-order chi connectivity index (χ0) is 10.1. The quantitative estimate of drug-likeness (QED) is 0.738. The van der Waals surface area contributed by atoms with Crippen molar-refractivity contribution in [2.75, 3.05) is 0 Å². The number of carbonyl (C=O) groups excluding carboxylic acids is 1. The highest BCUT2D eigenvalue weighted by atomic mass is 35.5. The number of nitrogens with zero attached hydrogens (tertiary/aromatic N) is 2. The number of aromatic nitrogens is 2. The molecule has 0 aliphatic rings. The summed E-state index contributed by atoms with van der Waals surface area (Å²) in [6, 6.07) is 3.78. The molecule has 0 amide bonds. The third-order valence-electron chi connectivity index (χ3n) is 1.72. The van der Waals surface area contributed by atoms with E-state index in [2.05, 4.69) is 4.98 Å². The summed E-state index contributed by atoms with van der Waals surface area (Å²) in [6.07, 6.45) is 3.72. The summed E-state index contributed by atoms with van der Waals surface area (Å²) in [5.74, 6) is -0.0501. The molecule has 0 bridgehead atoms. The first-order chi connectivity index (χ1) is 6.68. The lowest BCUT2D eigenvalue weighted by Crippen LogP contribution is -1.86. The van der Waals surface area contributed by atoms with Crippen LogP contribution in [0.25, 0.3) is 5.13 Å². The van der Waals surface area contributed by atoms with Crippen molar-refractivity contribution < 1.29 is 4.79 Å². The Morgan fingerprint density at radius 1 is 1.50 bits per heavy atom. The Morgan fingerprint density at radius 3 is 2.64 bits per heavy atom. The molecule has 72 valence electrons. The Balaban J connectivity index is 2.48. The molecule has 3 nitrogen and oxygen atoms in total. The summed E-state index contributed by atoms with van der Waals surface area (Å²) in [4.78, 5) is 15.7. The number of ketones is 1. The molecule has 0 saturated heterocycles. The van der Waals surface area contributed by atoms with Crippen LogP contribution in [0, 0.1) is 0 Å². The van der Waals surface area contributed by atoms with Crippen molar-refractivity contribution in [2.24, 2.45) is 0 Å². The van der Waals surface area contributed by atoms with Gasteiger partial charge in [0.05, 0.1) is 0 Å². The average molecular weight is 227 g/mol. The van der Waals surface area contributed by atoms with Crippen molar-refractivity contribution >= 4 is 28.7 Å². The fourth-order valence-electron chi connectivity index (χ4n) is 1.08. The Morgan fingerprint density at radius 2 is 2.14 bits per heavy atom. The third kappa shape index (κ3) is 1.58. The topological polar surface area (TPSA) is 34.9 Å². The van der Waals surface area contributed by atoms with E-state index in [1.54, 1.807) is 0 Å². The van der Waals surface area contributed by atoms with E-state index in [9.17, 15) is 4.79 Å². The summed E-state index contributed by atoms with van der Waals surface area (Å²) in [6.45, 7) is 1.48. The largest absolute Gasteiger partial charge is 0.300 e. The van der Waals surface area contributed by atoms with Crippen molar-refractivity contribution in [3.05, 3.63) is 34.6 Å². The molecule has 0 N–H and O–H groups in total. The van der Waals surface area contributed by atoms with E-state index in [0.717, 1.165) is 0 Å². The lowest BCUT2D eigenvalue weighted by atomic mass is 10.4. The zero-order valence-corrected chi connectivity index (χ0v) is 8.97. The molecule has 0 saturated carbocycles. The summed E-state index contributed by atoms with van der Waals surface area (Å²) in [7, 11) is 0. The van der Waals surface area contributed by atoms with Gasteiger partial charge in [0.15, 0.2) is 16.1 Å². The maximum absolute atomic E-state index is 11.1. The number of rotatable bonds is 2. The van der Waals surface area contributed by atoms with Crippen LogP contribution in [0.5, 0.6) is 0 Å².